The van der Waals surface area contributed by atoms with Gasteiger partial charge in [-0.15, -0.1) is 19.7 Å². The van der Waals surface area contributed by atoms with E-state index in [1.54, 1.807) is 0 Å². The van der Waals surface area contributed by atoms with Gasteiger partial charge in [-0.1, -0.05) is 24.0 Å². The van der Waals surface area contributed by atoms with Gasteiger partial charge in [0.2, 0.25) is 0 Å². The summed E-state index contributed by atoms with van der Waals surface area (Å²) in [6.45, 7) is 14.3. The molecule has 0 aliphatic heterocycles. The van der Waals surface area contributed by atoms with Crippen molar-refractivity contribution in [3.05, 3.63) is 36.8 Å². The van der Waals surface area contributed by atoms with Crippen molar-refractivity contribution in [2.75, 3.05) is 6.54 Å². The first kappa shape index (κ1) is 9.40. The highest BCUT2D eigenvalue weighted by Crippen LogP contribution is 2.00. The van der Waals surface area contributed by atoms with E-state index in [-0.39, 0.29) is 0 Å². The summed E-state index contributed by atoms with van der Waals surface area (Å²) in [5, 5.41) is 0. The lowest BCUT2D eigenvalue weighted by atomic mass is 10.8. The molecule has 0 rings (SSSR count). The molecule has 0 aromatic heterocycles. The largest absolute Gasteiger partial charge is 0.328 e. The Morgan fingerprint density at radius 3 is 1.70 bits per heavy atom. The second-order valence-corrected chi connectivity index (χ2v) is 5.52. The van der Waals surface area contributed by atoms with Crippen LogP contribution in [0, 0.1) is 0 Å². The highest BCUT2D eigenvalue weighted by atomic mass is 28.3. The third-order valence-corrected chi connectivity index (χ3v) is 4.49. The third kappa shape index (κ3) is 1.97. The van der Waals surface area contributed by atoms with E-state index < -0.39 is 8.24 Å². The first-order valence-electron chi connectivity index (χ1n) is 3.40. The number of hydrogen-bond acceptors (Lipinski definition) is 1. The topological polar surface area (TPSA) is 12.0 Å². The summed E-state index contributed by atoms with van der Waals surface area (Å²) in [6, 6.07) is 0. The van der Waals surface area contributed by atoms with Gasteiger partial charge in [-0.2, -0.15) is 0 Å². The van der Waals surface area contributed by atoms with Crippen molar-refractivity contribution in [2.24, 2.45) is 0 Å². The maximum atomic E-state index is 3.75. The van der Waals surface area contributed by atoms with Crippen molar-refractivity contribution in [1.29, 1.82) is 0 Å². The van der Waals surface area contributed by atoms with E-state index >= 15 is 0 Å². The van der Waals surface area contributed by atoms with Crippen LogP contribution in [0.1, 0.15) is 6.92 Å². The Labute approximate surface area is 64.2 Å². The molecule has 0 radical (unpaired) electrons. The highest BCUT2D eigenvalue weighted by molar-refractivity contribution is 6.90. The fraction of sp³-hybridized carbons (Fsp3) is 0.250. The molecular weight excluding hydrogens is 138 g/mol. The first-order valence-corrected chi connectivity index (χ1v) is 5.63. The molecule has 0 heterocycles. The molecule has 2 heteroatoms. The van der Waals surface area contributed by atoms with Crippen LogP contribution >= 0.6 is 0 Å². The van der Waals surface area contributed by atoms with E-state index in [1.165, 1.54) is 0 Å². The van der Waals surface area contributed by atoms with Crippen molar-refractivity contribution >= 4 is 8.24 Å². The standard InChI is InChI=1S/C8H15NSi/c1-5-9-10(6-2,7-3)8-4/h6-9H,2-5H2,1H3. The van der Waals surface area contributed by atoms with Crippen molar-refractivity contribution in [2.45, 2.75) is 6.92 Å². The van der Waals surface area contributed by atoms with Crippen LogP contribution in [0.5, 0.6) is 0 Å². The molecule has 10 heavy (non-hydrogen) atoms. The SMILES string of the molecule is C=C[Si](C=C)(C=C)NCC. The summed E-state index contributed by atoms with van der Waals surface area (Å²) >= 11 is 0. The van der Waals surface area contributed by atoms with Gasteiger partial charge in [-0.05, 0) is 6.54 Å². The molecule has 56 valence electrons. The van der Waals surface area contributed by atoms with Crippen molar-refractivity contribution in [3.8, 4) is 0 Å². The Hall–Kier alpha value is -0.603. The lowest BCUT2D eigenvalue weighted by Crippen LogP contribution is -2.45. The quantitative estimate of drug-likeness (QED) is 0.593. The van der Waals surface area contributed by atoms with Crippen molar-refractivity contribution in [1.82, 2.24) is 4.98 Å². The van der Waals surface area contributed by atoms with E-state index in [0.717, 1.165) is 6.54 Å². The minimum atomic E-state index is -1.68. The second kappa shape index (κ2) is 4.25. The average Bonchev–Trinajstić information content (AvgIpc) is 2.01. The molecule has 0 unspecified atom stereocenters. The molecule has 0 spiro atoms. The van der Waals surface area contributed by atoms with Gasteiger partial charge in [-0.3, -0.25) is 0 Å². The lowest BCUT2D eigenvalue weighted by molar-refractivity contribution is 0.985. The molecule has 0 amide bonds. The number of hydrogen-bond donors (Lipinski definition) is 1. The van der Waals surface area contributed by atoms with Gasteiger partial charge in [0.05, 0.1) is 0 Å². The van der Waals surface area contributed by atoms with Gasteiger partial charge >= 0.3 is 0 Å². The Morgan fingerprint density at radius 1 is 1.20 bits per heavy atom. The van der Waals surface area contributed by atoms with Crippen LogP contribution in [0.25, 0.3) is 0 Å². The van der Waals surface area contributed by atoms with Crippen LogP contribution < -0.4 is 4.98 Å². The molecule has 0 saturated carbocycles. The first-order chi connectivity index (χ1) is 4.74. The van der Waals surface area contributed by atoms with Gasteiger partial charge < -0.3 is 4.98 Å². The van der Waals surface area contributed by atoms with Crippen LogP contribution in [0.15, 0.2) is 36.8 Å². The molecule has 0 aliphatic carbocycles. The molecule has 1 nitrogen and oxygen atoms in total. The van der Waals surface area contributed by atoms with Crippen LogP contribution in [-0.4, -0.2) is 14.8 Å². The average molecular weight is 153 g/mol. The maximum absolute atomic E-state index is 3.75. The summed E-state index contributed by atoms with van der Waals surface area (Å²) in [5.74, 6) is 0. The Morgan fingerprint density at radius 2 is 1.60 bits per heavy atom. The van der Waals surface area contributed by atoms with E-state index in [2.05, 4.69) is 31.6 Å². The van der Waals surface area contributed by atoms with E-state index in [9.17, 15) is 0 Å². The molecule has 0 aromatic rings. The Kier molecular flexibility index (Phi) is 3.99. The molecule has 0 saturated heterocycles. The van der Waals surface area contributed by atoms with Gasteiger partial charge in [0.1, 0.15) is 0 Å². The van der Waals surface area contributed by atoms with Crippen LogP contribution in [0.3, 0.4) is 0 Å². The fourth-order valence-electron chi connectivity index (χ4n) is 0.773. The number of nitrogens with one attached hydrogen (secondary N) is 1. The summed E-state index contributed by atoms with van der Waals surface area (Å²) < 4.78 is 0. The normalized spacial score (nSPS) is 10.5. The van der Waals surface area contributed by atoms with Crippen LogP contribution in [-0.2, 0) is 0 Å². The number of rotatable bonds is 5. The van der Waals surface area contributed by atoms with Crippen LogP contribution in [0.4, 0.5) is 0 Å². The Balaban J connectivity index is 4.29. The molecule has 0 bridgehead atoms. The van der Waals surface area contributed by atoms with Gasteiger partial charge in [0.25, 0.3) is 0 Å². The summed E-state index contributed by atoms with van der Waals surface area (Å²) in [4.78, 5) is 3.33. The molecule has 0 atom stereocenters. The smallest absolute Gasteiger partial charge is 0.198 e. The van der Waals surface area contributed by atoms with E-state index in [1.807, 2.05) is 17.1 Å². The molecule has 0 aliphatic rings. The monoisotopic (exact) mass is 153 g/mol. The second-order valence-electron chi connectivity index (χ2n) is 2.08. The molecule has 0 aromatic carbocycles. The minimum Gasteiger partial charge on any atom is -0.328 e. The summed E-state index contributed by atoms with van der Waals surface area (Å²) in [5.41, 5.74) is 5.78. The zero-order chi connectivity index (χ0) is 8.04. The van der Waals surface area contributed by atoms with Gasteiger partial charge in [-0.25, -0.2) is 0 Å². The molecule has 1 N–H and O–H groups in total. The van der Waals surface area contributed by atoms with Gasteiger partial charge in [0, 0.05) is 0 Å². The summed E-state index contributed by atoms with van der Waals surface area (Å²) in [7, 11) is -1.68. The predicted molar refractivity (Wildman–Crippen MR) is 50.0 cm³/mol. The zero-order valence-corrected chi connectivity index (χ0v) is 7.56. The van der Waals surface area contributed by atoms with Gasteiger partial charge in [0.15, 0.2) is 8.24 Å². The van der Waals surface area contributed by atoms with Crippen LogP contribution in [0.2, 0.25) is 0 Å². The fourth-order valence-corrected chi connectivity index (χ4v) is 2.32. The molecular formula is C8H15NSi. The highest BCUT2D eigenvalue weighted by Gasteiger charge is 2.19. The lowest BCUT2D eigenvalue weighted by Gasteiger charge is -2.19. The Bertz CT molecular complexity index is 118. The third-order valence-electron chi connectivity index (χ3n) is 1.50. The maximum Gasteiger partial charge on any atom is 0.198 e. The van der Waals surface area contributed by atoms with E-state index in [0.29, 0.717) is 0 Å². The zero-order valence-electron chi connectivity index (χ0n) is 6.56. The summed E-state index contributed by atoms with van der Waals surface area (Å²) in [6.07, 6.45) is 0. The predicted octanol–water partition coefficient (Wildman–Crippen LogP) is 1.72. The van der Waals surface area contributed by atoms with Crippen molar-refractivity contribution < 1.29 is 0 Å². The van der Waals surface area contributed by atoms with E-state index in [4.69, 9.17) is 0 Å². The minimum absolute atomic E-state index is 0.941. The molecule has 0 fully saturated rings. The van der Waals surface area contributed by atoms with Crippen molar-refractivity contribution in [3.63, 3.8) is 0 Å².